The highest BCUT2D eigenvalue weighted by Crippen LogP contribution is 2.53. The topological polar surface area (TPSA) is 109 Å². The molecule has 4 heterocycles. The minimum absolute atomic E-state index is 0.143. The third kappa shape index (κ3) is 4.05. The predicted molar refractivity (Wildman–Crippen MR) is 146 cm³/mol. The van der Waals surface area contributed by atoms with Gasteiger partial charge >= 0.3 is 0 Å². The van der Waals surface area contributed by atoms with Crippen molar-refractivity contribution in [1.82, 2.24) is 9.80 Å². The van der Waals surface area contributed by atoms with Crippen molar-refractivity contribution < 1.29 is 33.7 Å². The summed E-state index contributed by atoms with van der Waals surface area (Å²) in [5, 5.41) is 11.8. The van der Waals surface area contributed by atoms with Gasteiger partial charge in [0.05, 0.1) is 24.5 Å². The van der Waals surface area contributed by atoms with Crippen LogP contribution in [-0.2, 0) is 24.7 Å². The lowest BCUT2D eigenvalue weighted by Gasteiger charge is -2.36. The Morgan fingerprint density at radius 3 is 2.45 bits per heavy atom. The largest absolute Gasteiger partial charge is 0.507 e. The highest BCUT2D eigenvalue weighted by Gasteiger charge is 2.67. The summed E-state index contributed by atoms with van der Waals surface area (Å²) in [5.41, 5.74) is -0.550. The van der Waals surface area contributed by atoms with E-state index in [1.807, 2.05) is 19.1 Å². The van der Waals surface area contributed by atoms with E-state index in [0.717, 1.165) is 12.8 Å². The number of amides is 2. The number of ether oxygens (including phenoxy) is 3. The first kappa shape index (κ1) is 26.3. The van der Waals surface area contributed by atoms with Crippen molar-refractivity contribution in [3.8, 4) is 11.5 Å². The average Bonchev–Trinajstić information content (AvgIpc) is 3.37. The summed E-state index contributed by atoms with van der Waals surface area (Å²) in [5.74, 6) is -1.54. The van der Waals surface area contributed by atoms with Gasteiger partial charge in [-0.15, -0.1) is 0 Å². The summed E-state index contributed by atoms with van der Waals surface area (Å²) in [6.07, 6.45) is 1.61. The molecule has 4 aliphatic rings. The zero-order valence-corrected chi connectivity index (χ0v) is 22.6. The molecule has 6 rings (SSSR count). The number of aliphatic hydroxyl groups is 1. The molecule has 10 nitrogen and oxygen atoms in total. The normalized spacial score (nSPS) is 23.8. The molecule has 210 valence electrons. The summed E-state index contributed by atoms with van der Waals surface area (Å²) in [7, 11) is 0. The van der Waals surface area contributed by atoms with Crippen molar-refractivity contribution in [2.75, 3.05) is 64.1 Å². The number of ketones is 1. The Morgan fingerprint density at radius 2 is 1.68 bits per heavy atom. The second-order valence-corrected chi connectivity index (χ2v) is 10.4. The number of carbonyl (C=O) groups excluding carboxylic acids is 3. The van der Waals surface area contributed by atoms with Crippen LogP contribution in [0.15, 0.2) is 48.0 Å². The van der Waals surface area contributed by atoms with Gasteiger partial charge in [0.15, 0.2) is 17.0 Å². The van der Waals surface area contributed by atoms with Crippen molar-refractivity contribution in [2.45, 2.75) is 25.3 Å². The van der Waals surface area contributed by atoms with E-state index in [1.165, 1.54) is 4.90 Å². The van der Waals surface area contributed by atoms with Gasteiger partial charge in [-0.2, -0.15) is 0 Å². The van der Waals surface area contributed by atoms with E-state index >= 15 is 0 Å². The Balaban J connectivity index is 1.52. The van der Waals surface area contributed by atoms with Crippen molar-refractivity contribution in [2.24, 2.45) is 0 Å². The smallest absolute Gasteiger partial charge is 0.296 e. The lowest BCUT2D eigenvalue weighted by molar-refractivity contribution is -0.144. The fourth-order valence-electron chi connectivity index (χ4n) is 6.11. The van der Waals surface area contributed by atoms with Gasteiger partial charge in [-0.25, -0.2) is 0 Å². The van der Waals surface area contributed by atoms with Gasteiger partial charge in [-0.3, -0.25) is 19.3 Å². The summed E-state index contributed by atoms with van der Waals surface area (Å²) in [6.45, 7) is 6.40. The molecule has 40 heavy (non-hydrogen) atoms. The molecule has 2 aromatic rings. The molecule has 0 aliphatic carbocycles. The van der Waals surface area contributed by atoms with E-state index in [1.54, 1.807) is 35.2 Å². The lowest BCUT2D eigenvalue weighted by atomic mass is 9.82. The van der Waals surface area contributed by atoms with E-state index in [0.29, 0.717) is 75.4 Å². The summed E-state index contributed by atoms with van der Waals surface area (Å²) < 4.78 is 16.8. The van der Waals surface area contributed by atoms with Crippen LogP contribution in [0.25, 0.3) is 5.76 Å². The Labute approximate surface area is 232 Å². The van der Waals surface area contributed by atoms with Crippen LogP contribution in [0.1, 0.15) is 30.9 Å². The first-order valence-electron chi connectivity index (χ1n) is 13.9. The third-order valence-corrected chi connectivity index (χ3v) is 8.10. The van der Waals surface area contributed by atoms with Crippen molar-refractivity contribution in [3.63, 3.8) is 0 Å². The Bertz CT molecular complexity index is 1380. The van der Waals surface area contributed by atoms with Crippen LogP contribution in [0, 0.1) is 0 Å². The van der Waals surface area contributed by atoms with Gasteiger partial charge in [-0.1, -0.05) is 31.5 Å². The molecule has 1 atom stereocenters. The van der Waals surface area contributed by atoms with Gasteiger partial charge in [0.25, 0.3) is 17.6 Å². The second kappa shape index (κ2) is 10.6. The van der Waals surface area contributed by atoms with Crippen LogP contribution in [0.3, 0.4) is 0 Å². The first-order valence-corrected chi connectivity index (χ1v) is 13.9. The number of rotatable bonds is 7. The maximum Gasteiger partial charge on any atom is 0.296 e. The highest BCUT2D eigenvalue weighted by atomic mass is 16.6. The number of fused-ring (bicyclic) bond motifs is 3. The maximum absolute atomic E-state index is 14.6. The van der Waals surface area contributed by atoms with Crippen LogP contribution < -0.4 is 14.4 Å². The molecule has 2 fully saturated rings. The molecule has 0 saturated carbocycles. The second-order valence-electron chi connectivity index (χ2n) is 10.4. The molecule has 1 N–H and O–H groups in total. The molecule has 0 bridgehead atoms. The fourth-order valence-corrected chi connectivity index (χ4v) is 6.11. The van der Waals surface area contributed by atoms with E-state index in [9.17, 15) is 19.5 Å². The number of likely N-dealkylation sites (tertiary alicyclic amines) is 1. The number of anilines is 1. The molecular formula is C30H33N3O7. The van der Waals surface area contributed by atoms with Gasteiger partial charge in [0.1, 0.15) is 19.0 Å². The number of carbonyl (C=O) groups is 3. The Kier molecular flexibility index (Phi) is 6.97. The minimum atomic E-state index is -1.78. The van der Waals surface area contributed by atoms with Crippen LogP contribution in [-0.4, -0.2) is 91.7 Å². The summed E-state index contributed by atoms with van der Waals surface area (Å²) in [6, 6.07) is 12.1. The number of nitrogens with zero attached hydrogens (tertiary/aromatic N) is 3. The number of para-hydroxylation sites is 1. The number of unbranched alkanes of at least 4 members (excludes halogenated alkanes) is 1. The van der Waals surface area contributed by atoms with Crippen molar-refractivity contribution in [1.29, 1.82) is 0 Å². The summed E-state index contributed by atoms with van der Waals surface area (Å²) >= 11 is 0. The fraction of sp³-hybridized carbons (Fsp3) is 0.433. The van der Waals surface area contributed by atoms with Gasteiger partial charge in [-0.05, 0) is 30.7 Å². The van der Waals surface area contributed by atoms with Crippen LogP contribution >= 0.6 is 0 Å². The van der Waals surface area contributed by atoms with Gasteiger partial charge in [0.2, 0.25) is 0 Å². The van der Waals surface area contributed by atoms with E-state index < -0.39 is 28.9 Å². The van der Waals surface area contributed by atoms with Crippen molar-refractivity contribution >= 4 is 29.0 Å². The zero-order valence-electron chi connectivity index (χ0n) is 22.6. The molecule has 0 radical (unpaired) electrons. The molecular weight excluding hydrogens is 514 g/mol. The number of aliphatic hydroxyl groups excluding tert-OH is 1. The number of Topliss-reactive ketones (excluding diaryl/α,β-unsaturated/α-hetero) is 1. The summed E-state index contributed by atoms with van der Waals surface area (Å²) in [4.78, 5) is 47.4. The quantitative estimate of drug-likeness (QED) is 0.320. The Morgan fingerprint density at radius 1 is 0.925 bits per heavy atom. The third-order valence-electron chi connectivity index (χ3n) is 8.10. The monoisotopic (exact) mass is 547 g/mol. The number of morpholine rings is 1. The molecule has 2 amide bonds. The van der Waals surface area contributed by atoms with E-state index in [2.05, 4.69) is 4.90 Å². The maximum atomic E-state index is 14.6. The Hall–Kier alpha value is -3.89. The SMILES string of the molecule is CCCCN1C(=O)[C@@]2(C(=C(O)c3ccc4c(c3)OCCO4)C(=O)C(=O)N2CCN2CCOCC2)c2ccccc21. The van der Waals surface area contributed by atoms with Crippen LogP contribution in [0.2, 0.25) is 0 Å². The van der Waals surface area contributed by atoms with Crippen LogP contribution in [0.5, 0.6) is 11.5 Å². The van der Waals surface area contributed by atoms with E-state index in [4.69, 9.17) is 14.2 Å². The number of hydrogen-bond acceptors (Lipinski definition) is 8. The molecule has 4 aliphatic heterocycles. The number of hydrogen-bond donors (Lipinski definition) is 1. The standard InChI is InChI=1S/C30H33N3O7/c1-2-3-10-32-22-7-5-4-6-21(22)30(29(32)37)25(26(34)20-8-9-23-24(19-20)40-18-17-39-23)27(35)28(36)33(30)12-11-31-13-15-38-16-14-31/h4-9,19,34H,2-3,10-18H2,1H3/t30-/m0/s1. The molecule has 2 aromatic carbocycles. The molecule has 10 heteroatoms. The zero-order chi connectivity index (χ0) is 27.9. The first-order chi connectivity index (χ1) is 19.5. The van der Waals surface area contributed by atoms with Crippen molar-refractivity contribution in [3.05, 3.63) is 59.2 Å². The molecule has 0 unspecified atom stereocenters. The number of benzene rings is 2. The molecule has 1 spiro atoms. The highest BCUT2D eigenvalue weighted by molar-refractivity contribution is 6.50. The molecule has 2 saturated heterocycles. The van der Waals surface area contributed by atoms with Gasteiger partial charge in [0, 0.05) is 43.9 Å². The van der Waals surface area contributed by atoms with Crippen LogP contribution in [0.4, 0.5) is 5.69 Å². The van der Waals surface area contributed by atoms with Gasteiger partial charge < -0.3 is 29.1 Å². The molecule has 0 aromatic heterocycles. The minimum Gasteiger partial charge on any atom is -0.507 e. The lowest BCUT2D eigenvalue weighted by Crippen LogP contribution is -2.54. The van der Waals surface area contributed by atoms with E-state index in [-0.39, 0.29) is 17.7 Å². The predicted octanol–water partition coefficient (Wildman–Crippen LogP) is 2.51. The average molecular weight is 548 g/mol.